The molecule has 8 bridgehead atoms. The van der Waals surface area contributed by atoms with Crippen LogP contribution in [0.5, 0.6) is 0 Å². The predicted molar refractivity (Wildman–Crippen MR) is 248 cm³/mol. The topological polar surface area (TPSA) is 192 Å². The number of cyclic esters (lactones) is 1. The average Bonchev–Trinajstić information content (AvgIpc) is 3.26. The first kappa shape index (κ1) is 59.2. The van der Waals surface area contributed by atoms with Crippen molar-refractivity contribution >= 4 is 29.8 Å². The van der Waals surface area contributed by atoms with Crippen LogP contribution >= 0.6 is 0 Å². The molecule has 374 valence electrons. The Morgan fingerprint density at radius 1 is 0.625 bits per heavy atom. The molecule has 13 nitrogen and oxygen atoms in total. The van der Waals surface area contributed by atoms with Crippen LogP contribution in [0.25, 0.3) is 0 Å². The van der Waals surface area contributed by atoms with Gasteiger partial charge >= 0.3 is 29.8 Å². The lowest BCUT2D eigenvalue weighted by Gasteiger charge is -2.63. The number of ether oxygens (including phenoxy) is 5. The largest absolute Gasteiger partial charge is 0.460 e. The van der Waals surface area contributed by atoms with E-state index in [-0.39, 0.29) is 127 Å². The Balaban J connectivity index is 0.00000341. The van der Waals surface area contributed by atoms with E-state index >= 15 is 4.79 Å². The van der Waals surface area contributed by atoms with Crippen LogP contribution in [0.2, 0.25) is 0 Å². The first-order valence-corrected chi connectivity index (χ1v) is 21.6. The first-order valence-electron chi connectivity index (χ1n) is 21.6. The minimum absolute atomic E-state index is 0. The summed E-state index contributed by atoms with van der Waals surface area (Å²) >= 11 is 0. The summed E-state index contributed by atoms with van der Waals surface area (Å²) in [6.45, 7) is 17.4. The molecule has 9 aliphatic rings. The van der Waals surface area contributed by atoms with E-state index in [1.165, 1.54) is 0 Å². The number of carbonyl (C=O) groups excluding carboxylic acids is 5. The third-order valence-corrected chi connectivity index (χ3v) is 15.1. The van der Waals surface area contributed by atoms with Crippen molar-refractivity contribution in [2.75, 3.05) is 0 Å². The fourth-order valence-electron chi connectivity index (χ4n) is 13.8. The maximum Gasteiger partial charge on any atom is 0.312 e. The van der Waals surface area contributed by atoms with Gasteiger partial charge in [-0.1, -0.05) is 51.5 Å². The number of rotatable bonds is 12. The molecule has 9 atom stereocenters. The number of hydrogen-bond donors (Lipinski definition) is 3. The van der Waals surface area contributed by atoms with Crippen LogP contribution in [0, 0.1) is 33.5 Å². The van der Waals surface area contributed by atoms with Gasteiger partial charge in [-0.2, -0.15) is 0 Å². The van der Waals surface area contributed by atoms with Crippen molar-refractivity contribution < 1.29 is 63.0 Å². The maximum atomic E-state index is 15.0. The molecule has 1 heterocycles. The molecule has 9 rings (SSSR count). The third-order valence-electron chi connectivity index (χ3n) is 15.1. The van der Waals surface area contributed by atoms with Gasteiger partial charge in [0, 0.05) is 32.1 Å². The van der Waals surface area contributed by atoms with E-state index in [1.807, 2.05) is 27.7 Å². The summed E-state index contributed by atoms with van der Waals surface area (Å²) in [6, 6.07) is 0. The van der Waals surface area contributed by atoms with Gasteiger partial charge in [-0.15, -0.1) is 0 Å². The van der Waals surface area contributed by atoms with E-state index in [4.69, 9.17) is 23.7 Å². The molecule has 8 aliphatic carbocycles. The summed E-state index contributed by atoms with van der Waals surface area (Å²) in [5, 5.41) is 34.9. The van der Waals surface area contributed by atoms with E-state index in [1.54, 1.807) is 41.5 Å². The Morgan fingerprint density at radius 2 is 1.08 bits per heavy atom. The van der Waals surface area contributed by atoms with E-state index in [2.05, 4.69) is 0 Å². The van der Waals surface area contributed by atoms with Gasteiger partial charge in [-0.05, 0) is 138 Å². The number of carbonyl (C=O) groups is 5. The molecule has 9 unspecified atom stereocenters. The standard InChI is InChI=1S/C45H68O13.6CH4/c1-11-38(9,32(48)57-44-17-27-13-40(22-44,21-41(51,14-27)24-44)34(50)56-35(2,3)4)20-39(10,19-36(5,6)31(47)54-29-12-30(46)55-37(29,7)8)33(49)58-45-18-28-15-42(52,25-45)23-43(53,16-28)26-45;;;;;;/h27-29,51-53H,11-26H2,1-10H3;6*1H4. The Bertz CT molecular complexity index is 1750. The first-order chi connectivity index (χ1) is 26.3. The van der Waals surface area contributed by atoms with Crippen LogP contribution in [0.3, 0.4) is 0 Å². The van der Waals surface area contributed by atoms with Crippen molar-refractivity contribution in [1.82, 2.24) is 0 Å². The molecule has 3 N–H and O–H groups in total. The van der Waals surface area contributed by atoms with Crippen molar-refractivity contribution in [3.8, 4) is 0 Å². The smallest absolute Gasteiger partial charge is 0.312 e. The molecule has 0 radical (unpaired) electrons. The fraction of sp³-hybridized carbons (Fsp3) is 0.902. The molecule has 0 aromatic rings. The summed E-state index contributed by atoms with van der Waals surface area (Å²) in [4.78, 5) is 69.9. The van der Waals surface area contributed by atoms with Crippen LogP contribution in [0.1, 0.15) is 217 Å². The van der Waals surface area contributed by atoms with Crippen molar-refractivity contribution in [2.45, 2.75) is 262 Å². The molecule has 0 aromatic heterocycles. The van der Waals surface area contributed by atoms with Crippen LogP contribution in [0.15, 0.2) is 0 Å². The monoisotopic (exact) mass is 913 g/mol. The van der Waals surface area contributed by atoms with Crippen molar-refractivity contribution in [3.63, 3.8) is 0 Å². The van der Waals surface area contributed by atoms with Crippen LogP contribution in [0.4, 0.5) is 0 Å². The normalized spacial score (nSPS) is 37.7. The second-order valence-corrected chi connectivity index (χ2v) is 23.5. The summed E-state index contributed by atoms with van der Waals surface area (Å²) in [7, 11) is 0. The van der Waals surface area contributed by atoms with Crippen molar-refractivity contribution in [1.29, 1.82) is 0 Å². The van der Waals surface area contributed by atoms with Crippen LogP contribution in [-0.2, 0) is 47.7 Å². The SMILES string of the molecule is C.C.C.C.C.C.CCC(C)(CC(C)(CC(C)(C)C(=O)OC1CC(=O)OC1(C)C)C(=O)OC12CC3CC(O)(CC(O)(C3)C1)C2)C(=O)OC12CC3CC(O)(C1)CC(C(=O)OC(C)(C)C)(C3)C2. The molecule has 1 aliphatic heterocycles. The number of esters is 5. The second kappa shape index (κ2) is 18.0. The van der Waals surface area contributed by atoms with Gasteiger partial charge in [0.2, 0.25) is 0 Å². The fourth-order valence-corrected chi connectivity index (χ4v) is 13.8. The Kier molecular flexibility index (Phi) is 16.7. The van der Waals surface area contributed by atoms with E-state index in [0.717, 1.165) is 0 Å². The predicted octanol–water partition coefficient (Wildman–Crippen LogP) is 9.75. The summed E-state index contributed by atoms with van der Waals surface area (Å²) in [6.07, 6.45) is 3.52. The summed E-state index contributed by atoms with van der Waals surface area (Å²) in [5.41, 5.74) is -12.7. The Morgan fingerprint density at radius 3 is 1.50 bits per heavy atom. The molecule has 13 heteroatoms. The molecule has 64 heavy (non-hydrogen) atoms. The average molecular weight is 913 g/mol. The van der Waals surface area contributed by atoms with Gasteiger partial charge in [-0.25, -0.2) is 0 Å². The van der Waals surface area contributed by atoms with E-state index in [0.29, 0.717) is 38.5 Å². The lowest BCUT2D eigenvalue weighted by atomic mass is 9.46. The lowest BCUT2D eigenvalue weighted by molar-refractivity contribution is -0.265. The summed E-state index contributed by atoms with van der Waals surface area (Å²) < 4.78 is 30.4. The van der Waals surface area contributed by atoms with Crippen LogP contribution < -0.4 is 0 Å². The Labute approximate surface area is 387 Å². The van der Waals surface area contributed by atoms with Gasteiger partial charge in [0.1, 0.15) is 22.4 Å². The van der Waals surface area contributed by atoms with Crippen LogP contribution in [-0.4, -0.2) is 90.5 Å². The van der Waals surface area contributed by atoms with E-state index in [9.17, 15) is 34.5 Å². The number of aliphatic hydroxyl groups is 3. The van der Waals surface area contributed by atoms with Gasteiger partial charge in [0.15, 0.2) is 6.10 Å². The van der Waals surface area contributed by atoms with Gasteiger partial charge < -0.3 is 39.0 Å². The minimum Gasteiger partial charge on any atom is -0.460 e. The summed E-state index contributed by atoms with van der Waals surface area (Å²) in [5.74, 6) is -2.79. The lowest BCUT2D eigenvalue weighted by Crippen LogP contribution is -2.67. The zero-order valence-electron chi connectivity index (χ0n) is 36.5. The number of hydrogen-bond acceptors (Lipinski definition) is 13. The molecule has 0 spiro atoms. The molecular weight excluding hydrogens is 821 g/mol. The maximum absolute atomic E-state index is 15.0. The quantitative estimate of drug-likeness (QED) is 0.124. The van der Waals surface area contributed by atoms with Crippen molar-refractivity contribution in [3.05, 3.63) is 0 Å². The highest BCUT2D eigenvalue weighted by Crippen LogP contribution is 2.66. The van der Waals surface area contributed by atoms with Gasteiger partial charge in [0.25, 0.3) is 0 Å². The van der Waals surface area contributed by atoms with Gasteiger partial charge in [-0.3, -0.25) is 24.0 Å². The minimum atomic E-state index is -1.50. The zero-order chi connectivity index (χ0) is 43.0. The molecule has 8 saturated carbocycles. The highest BCUT2D eigenvalue weighted by molar-refractivity contribution is 5.84. The van der Waals surface area contributed by atoms with Gasteiger partial charge in [0.05, 0.1) is 44.9 Å². The third kappa shape index (κ3) is 10.8. The molecule has 9 fully saturated rings. The van der Waals surface area contributed by atoms with E-state index < -0.39 is 90.8 Å². The molecule has 0 amide bonds. The highest BCUT2D eigenvalue weighted by Gasteiger charge is 2.69. The molecule has 0 aromatic carbocycles. The zero-order valence-corrected chi connectivity index (χ0v) is 36.5. The second-order valence-electron chi connectivity index (χ2n) is 23.5. The Hall–Kier alpha value is -2.77. The molecular formula is C51H92O13. The van der Waals surface area contributed by atoms with Crippen molar-refractivity contribution in [2.24, 2.45) is 33.5 Å². The highest BCUT2D eigenvalue weighted by atomic mass is 16.6. The molecule has 1 saturated heterocycles.